The molecule has 2 aliphatic carbocycles. The van der Waals surface area contributed by atoms with Gasteiger partial charge in [-0.15, -0.1) is 0 Å². The molecule has 49 heavy (non-hydrogen) atoms. The fraction of sp³-hybridized carbons (Fsp3) is 0.125. The molecule has 0 fully saturated rings. The van der Waals surface area contributed by atoms with Gasteiger partial charge in [-0.2, -0.15) is 0 Å². The molecular weight excluding hydrogens is 591 g/mol. The van der Waals surface area contributed by atoms with Crippen LogP contribution in [0.15, 0.2) is 164 Å². The predicted octanol–water partition coefficient (Wildman–Crippen LogP) is 12.4. The molecule has 2 aliphatic rings. The number of aryl methyl sites for hydroxylation is 2. The van der Waals surface area contributed by atoms with Crippen LogP contribution in [0, 0.1) is 13.8 Å². The summed E-state index contributed by atoms with van der Waals surface area (Å²) in [6, 6.07) is 61.0. The van der Waals surface area contributed by atoms with E-state index < -0.39 is 5.41 Å². The molecule has 0 aliphatic heterocycles. The Balaban J connectivity index is 1.31. The van der Waals surface area contributed by atoms with Crippen LogP contribution in [0.25, 0.3) is 22.3 Å². The summed E-state index contributed by atoms with van der Waals surface area (Å²) in [6.07, 6.45) is 0. The lowest BCUT2D eigenvalue weighted by Gasteiger charge is -2.34. The molecule has 1 spiro atoms. The third-order valence-corrected chi connectivity index (χ3v) is 11.2. The second kappa shape index (κ2) is 10.9. The third kappa shape index (κ3) is 4.18. The zero-order valence-corrected chi connectivity index (χ0v) is 28.5. The van der Waals surface area contributed by atoms with E-state index in [1.165, 1.54) is 78.1 Å². The summed E-state index contributed by atoms with van der Waals surface area (Å²) in [6.45, 7) is 9.13. The van der Waals surface area contributed by atoms with Crippen molar-refractivity contribution in [2.75, 3.05) is 4.90 Å². The van der Waals surface area contributed by atoms with Crippen molar-refractivity contribution < 1.29 is 0 Å². The first kappa shape index (κ1) is 29.5. The van der Waals surface area contributed by atoms with Gasteiger partial charge >= 0.3 is 0 Å². The summed E-state index contributed by atoms with van der Waals surface area (Å²) < 4.78 is 0. The van der Waals surface area contributed by atoms with Gasteiger partial charge in [-0.05, 0) is 105 Å². The summed E-state index contributed by atoms with van der Waals surface area (Å²) in [7, 11) is 0. The molecule has 0 atom stereocenters. The van der Waals surface area contributed by atoms with Crippen molar-refractivity contribution in [3.8, 4) is 22.3 Å². The molecule has 7 aromatic carbocycles. The fourth-order valence-electron chi connectivity index (χ4n) is 8.84. The summed E-state index contributed by atoms with van der Waals surface area (Å²) >= 11 is 0. The normalized spacial score (nSPS) is 13.5. The van der Waals surface area contributed by atoms with Gasteiger partial charge < -0.3 is 4.90 Å². The van der Waals surface area contributed by atoms with Crippen molar-refractivity contribution in [2.45, 2.75) is 38.5 Å². The van der Waals surface area contributed by atoms with Gasteiger partial charge in [0.1, 0.15) is 0 Å². The van der Waals surface area contributed by atoms with Crippen LogP contribution in [0.1, 0.15) is 58.4 Å². The number of hydrogen-bond acceptors (Lipinski definition) is 1. The number of rotatable bonds is 5. The van der Waals surface area contributed by atoms with E-state index in [9.17, 15) is 0 Å². The number of hydrogen-bond donors (Lipinski definition) is 0. The molecule has 1 nitrogen and oxygen atoms in total. The van der Waals surface area contributed by atoms with E-state index in [-0.39, 0.29) is 5.41 Å². The molecule has 9 rings (SSSR count). The average molecular weight is 630 g/mol. The minimum Gasteiger partial charge on any atom is -0.310 e. The predicted molar refractivity (Wildman–Crippen MR) is 205 cm³/mol. The third-order valence-electron chi connectivity index (χ3n) is 11.2. The van der Waals surface area contributed by atoms with Crippen molar-refractivity contribution in [3.05, 3.63) is 208 Å². The van der Waals surface area contributed by atoms with Gasteiger partial charge in [-0.25, -0.2) is 0 Å². The quantitative estimate of drug-likeness (QED) is 0.183. The highest BCUT2D eigenvalue weighted by atomic mass is 15.1. The Morgan fingerprint density at radius 2 is 0.878 bits per heavy atom. The largest absolute Gasteiger partial charge is 0.310 e. The molecule has 0 N–H and O–H groups in total. The first-order chi connectivity index (χ1) is 23.9. The Kier molecular flexibility index (Phi) is 6.58. The Hall–Kier alpha value is -5.66. The van der Waals surface area contributed by atoms with Gasteiger partial charge in [0.05, 0.1) is 11.1 Å². The summed E-state index contributed by atoms with van der Waals surface area (Å²) in [5.41, 5.74) is 18.8. The number of nitrogens with zero attached hydrogens (tertiary/aromatic N) is 1. The van der Waals surface area contributed by atoms with Crippen LogP contribution >= 0.6 is 0 Å². The van der Waals surface area contributed by atoms with Gasteiger partial charge in [0, 0.05) is 16.8 Å². The van der Waals surface area contributed by atoms with Crippen LogP contribution < -0.4 is 4.90 Å². The first-order valence-electron chi connectivity index (χ1n) is 17.4. The van der Waals surface area contributed by atoms with E-state index in [1.54, 1.807) is 0 Å². The maximum atomic E-state index is 2.50. The van der Waals surface area contributed by atoms with E-state index >= 15 is 0 Å². The standard InChI is InChI=1S/C48H39N/c1-32-16-14-17-33(2)46(32)49(36-21-15-20-35(30-36)47(3,4)34-18-6-5-7-19-34)37-28-29-41-40-24-10-13-27-44(40)48(45(41)31-37)42-25-11-8-22-38(42)39-23-9-12-26-43(39)48/h5-31H,1-4H3. The second-order valence-corrected chi connectivity index (χ2v) is 14.2. The topological polar surface area (TPSA) is 3.24 Å². The first-order valence-corrected chi connectivity index (χ1v) is 17.4. The highest BCUT2D eigenvalue weighted by Gasteiger charge is 2.51. The molecular formula is C48H39N. The highest BCUT2D eigenvalue weighted by Crippen LogP contribution is 2.63. The van der Waals surface area contributed by atoms with Crippen LogP contribution in [0.3, 0.4) is 0 Å². The Morgan fingerprint density at radius 1 is 0.408 bits per heavy atom. The molecule has 0 radical (unpaired) electrons. The summed E-state index contributed by atoms with van der Waals surface area (Å²) in [4.78, 5) is 2.50. The molecule has 236 valence electrons. The molecule has 7 aromatic rings. The van der Waals surface area contributed by atoms with Gasteiger partial charge in [0.15, 0.2) is 0 Å². The zero-order chi connectivity index (χ0) is 33.3. The van der Waals surface area contributed by atoms with Crippen LogP contribution in [0.4, 0.5) is 17.1 Å². The number of fused-ring (bicyclic) bond motifs is 10. The number of para-hydroxylation sites is 1. The highest BCUT2D eigenvalue weighted by molar-refractivity contribution is 5.96. The Bertz CT molecular complexity index is 2310. The molecule has 0 saturated carbocycles. The van der Waals surface area contributed by atoms with Crippen molar-refractivity contribution in [2.24, 2.45) is 0 Å². The van der Waals surface area contributed by atoms with Gasteiger partial charge in [0.25, 0.3) is 0 Å². The minimum atomic E-state index is -0.390. The average Bonchev–Trinajstić information content (AvgIpc) is 3.61. The molecule has 1 heteroatoms. The van der Waals surface area contributed by atoms with E-state index in [1.807, 2.05) is 0 Å². The smallest absolute Gasteiger partial charge is 0.0726 e. The Labute approximate surface area is 290 Å². The van der Waals surface area contributed by atoms with Crippen LogP contribution in [-0.2, 0) is 10.8 Å². The molecule has 0 bridgehead atoms. The minimum absolute atomic E-state index is 0.162. The van der Waals surface area contributed by atoms with E-state index in [2.05, 4.69) is 196 Å². The molecule has 0 saturated heterocycles. The van der Waals surface area contributed by atoms with Crippen LogP contribution in [-0.4, -0.2) is 0 Å². The monoisotopic (exact) mass is 629 g/mol. The lowest BCUT2D eigenvalue weighted by molar-refractivity contribution is 0.641. The molecule has 0 aromatic heterocycles. The van der Waals surface area contributed by atoms with Gasteiger partial charge in [-0.1, -0.05) is 153 Å². The van der Waals surface area contributed by atoms with Crippen molar-refractivity contribution in [1.29, 1.82) is 0 Å². The van der Waals surface area contributed by atoms with Gasteiger partial charge in [0.2, 0.25) is 0 Å². The van der Waals surface area contributed by atoms with Crippen molar-refractivity contribution in [1.82, 2.24) is 0 Å². The number of anilines is 3. The van der Waals surface area contributed by atoms with Gasteiger partial charge in [-0.3, -0.25) is 0 Å². The van der Waals surface area contributed by atoms with Crippen LogP contribution in [0.5, 0.6) is 0 Å². The molecule has 0 amide bonds. The molecule has 0 heterocycles. The fourth-order valence-corrected chi connectivity index (χ4v) is 8.84. The van der Waals surface area contributed by atoms with Crippen LogP contribution in [0.2, 0.25) is 0 Å². The molecule has 0 unspecified atom stereocenters. The Morgan fingerprint density at radius 3 is 1.47 bits per heavy atom. The van der Waals surface area contributed by atoms with Crippen molar-refractivity contribution >= 4 is 17.1 Å². The van der Waals surface area contributed by atoms with E-state index in [0.29, 0.717) is 0 Å². The number of benzene rings is 7. The van der Waals surface area contributed by atoms with E-state index in [4.69, 9.17) is 0 Å². The maximum Gasteiger partial charge on any atom is 0.0726 e. The second-order valence-electron chi connectivity index (χ2n) is 14.2. The lowest BCUT2D eigenvalue weighted by atomic mass is 9.70. The van der Waals surface area contributed by atoms with E-state index in [0.717, 1.165) is 5.69 Å². The lowest BCUT2D eigenvalue weighted by Crippen LogP contribution is -2.26. The van der Waals surface area contributed by atoms with Crippen molar-refractivity contribution in [3.63, 3.8) is 0 Å². The zero-order valence-electron chi connectivity index (χ0n) is 28.5. The summed E-state index contributed by atoms with van der Waals surface area (Å²) in [5.74, 6) is 0. The summed E-state index contributed by atoms with van der Waals surface area (Å²) in [5, 5.41) is 0. The maximum absolute atomic E-state index is 2.50. The SMILES string of the molecule is Cc1cccc(C)c1N(c1cccc(C(C)(C)c2ccccc2)c1)c1ccc2c(c1)C1(c3ccccc3-c3ccccc31)c1ccccc1-2.